The first-order chi connectivity index (χ1) is 15.1. The number of benzene rings is 2. The molecule has 170 valence electrons. The van der Waals surface area contributed by atoms with Crippen molar-refractivity contribution < 1.29 is 18.4 Å². The molecule has 2 aromatic carbocycles. The molecule has 1 heterocycles. The minimum absolute atomic E-state index is 0.0158. The van der Waals surface area contributed by atoms with E-state index in [0.29, 0.717) is 5.56 Å². The topological polar surface area (TPSA) is 87.8 Å². The highest BCUT2D eigenvalue weighted by atomic mass is 19.1. The van der Waals surface area contributed by atoms with Gasteiger partial charge in [0, 0.05) is 5.56 Å². The van der Waals surface area contributed by atoms with Gasteiger partial charge in [0.1, 0.15) is 11.6 Å². The Morgan fingerprint density at radius 2 is 1.91 bits per heavy atom. The van der Waals surface area contributed by atoms with E-state index in [4.69, 9.17) is 5.73 Å². The molecule has 2 unspecified atom stereocenters. The summed E-state index contributed by atoms with van der Waals surface area (Å²) in [4.78, 5) is 31.2. The third-order valence-corrected chi connectivity index (χ3v) is 5.56. The van der Waals surface area contributed by atoms with E-state index in [1.54, 1.807) is 19.1 Å². The molecule has 2 amide bonds. The molecule has 3 rings (SSSR count). The molecule has 8 heteroatoms. The molecule has 0 aliphatic carbocycles. The lowest BCUT2D eigenvalue weighted by Gasteiger charge is -2.35. The van der Waals surface area contributed by atoms with Gasteiger partial charge in [-0.1, -0.05) is 25.5 Å². The normalized spacial score (nSPS) is 19.5. The molecule has 32 heavy (non-hydrogen) atoms. The average molecular weight is 443 g/mol. The van der Waals surface area contributed by atoms with Gasteiger partial charge in [0.2, 0.25) is 5.91 Å². The van der Waals surface area contributed by atoms with Crippen molar-refractivity contribution in [1.29, 1.82) is 0 Å². The van der Waals surface area contributed by atoms with E-state index in [-0.39, 0.29) is 36.2 Å². The summed E-state index contributed by atoms with van der Waals surface area (Å²) in [6.07, 6.45) is 1.84. The van der Waals surface area contributed by atoms with Gasteiger partial charge in [-0.15, -0.1) is 0 Å². The number of hydrogen-bond acceptors (Lipinski definition) is 4. The summed E-state index contributed by atoms with van der Waals surface area (Å²) >= 11 is 0. The Morgan fingerprint density at radius 1 is 1.22 bits per heavy atom. The summed E-state index contributed by atoms with van der Waals surface area (Å²) in [6.45, 7) is 5.68. The fourth-order valence-corrected chi connectivity index (χ4v) is 3.95. The maximum atomic E-state index is 14.3. The van der Waals surface area contributed by atoms with Crippen molar-refractivity contribution in [2.24, 2.45) is 10.7 Å². The van der Waals surface area contributed by atoms with E-state index in [0.717, 1.165) is 24.5 Å². The van der Waals surface area contributed by atoms with Crippen LogP contribution in [-0.4, -0.2) is 28.2 Å². The Balaban J connectivity index is 1.76. The minimum Gasteiger partial charge on any atom is -0.369 e. The Bertz CT molecular complexity index is 1040. The number of hydrogen-bond donors (Lipinski definition) is 2. The summed E-state index contributed by atoms with van der Waals surface area (Å²) in [5.74, 6) is -1.54. The second-order valence-electron chi connectivity index (χ2n) is 8.47. The van der Waals surface area contributed by atoms with Crippen LogP contribution in [0.3, 0.4) is 0 Å². The number of nitrogens with one attached hydrogen (secondary N) is 1. The number of halogens is 2. The van der Waals surface area contributed by atoms with Gasteiger partial charge in [0.25, 0.3) is 5.91 Å². The zero-order chi connectivity index (χ0) is 23.5. The van der Waals surface area contributed by atoms with E-state index < -0.39 is 23.3 Å². The largest absolute Gasteiger partial charge is 0.369 e. The monoisotopic (exact) mass is 442 g/mol. The van der Waals surface area contributed by atoms with E-state index in [2.05, 4.69) is 10.3 Å². The molecule has 0 saturated heterocycles. The molecule has 0 spiro atoms. The molecule has 0 aromatic heterocycles. The van der Waals surface area contributed by atoms with Gasteiger partial charge in [-0.2, -0.15) is 0 Å². The third kappa shape index (κ3) is 5.49. The van der Waals surface area contributed by atoms with Gasteiger partial charge in [-0.05, 0) is 61.7 Å². The number of carbonyl (C=O) groups is 2. The zero-order valence-corrected chi connectivity index (χ0v) is 18.5. The average Bonchev–Trinajstić information content (AvgIpc) is 2.70. The molecule has 2 aromatic rings. The number of rotatable bonds is 7. The SMILES string of the molecule is CCCC1(C)CC(=O)N(Cc2cc(F)cc(C(=O)NC(C)c3ccc(F)cc3)c2)C(N)=N1. The number of nitrogens with zero attached hydrogens (tertiary/aromatic N) is 2. The first-order valence-corrected chi connectivity index (χ1v) is 10.6. The predicted molar refractivity (Wildman–Crippen MR) is 119 cm³/mol. The van der Waals surface area contributed by atoms with E-state index in [1.807, 2.05) is 13.8 Å². The summed E-state index contributed by atoms with van der Waals surface area (Å²) in [5.41, 5.74) is 6.78. The quantitative estimate of drug-likeness (QED) is 0.678. The van der Waals surface area contributed by atoms with Gasteiger partial charge in [-0.3, -0.25) is 14.5 Å². The molecule has 2 atom stereocenters. The Labute approximate surface area is 186 Å². The highest BCUT2D eigenvalue weighted by molar-refractivity contribution is 5.99. The van der Waals surface area contributed by atoms with E-state index >= 15 is 0 Å². The van der Waals surface area contributed by atoms with Crippen LogP contribution in [0.15, 0.2) is 47.5 Å². The summed E-state index contributed by atoms with van der Waals surface area (Å²) in [6, 6.07) is 9.29. The molecule has 6 nitrogen and oxygen atoms in total. The maximum absolute atomic E-state index is 14.3. The van der Waals surface area contributed by atoms with Crippen LogP contribution in [0.4, 0.5) is 8.78 Å². The number of amides is 2. The summed E-state index contributed by atoms with van der Waals surface area (Å²) in [7, 11) is 0. The van der Waals surface area contributed by atoms with Crippen molar-refractivity contribution in [3.8, 4) is 0 Å². The Kier molecular flexibility index (Phi) is 6.91. The van der Waals surface area contributed by atoms with Crippen LogP contribution in [0.2, 0.25) is 0 Å². The Morgan fingerprint density at radius 3 is 2.53 bits per heavy atom. The molecule has 0 fully saturated rings. The molecule has 0 radical (unpaired) electrons. The van der Waals surface area contributed by atoms with Crippen molar-refractivity contribution in [3.05, 3.63) is 70.8 Å². The van der Waals surface area contributed by atoms with Crippen LogP contribution >= 0.6 is 0 Å². The van der Waals surface area contributed by atoms with Gasteiger partial charge >= 0.3 is 0 Å². The molecule has 3 N–H and O–H groups in total. The molecule has 1 aliphatic heterocycles. The lowest BCUT2D eigenvalue weighted by atomic mass is 9.91. The molecular formula is C24H28F2N4O2. The number of nitrogens with two attached hydrogens (primary N) is 1. The van der Waals surface area contributed by atoms with E-state index in [9.17, 15) is 18.4 Å². The highest BCUT2D eigenvalue weighted by Crippen LogP contribution is 2.28. The zero-order valence-electron chi connectivity index (χ0n) is 18.5. The standard InChI is InChI=1S/C24H28F2N4O2/c1-4-9-24(3)13-21(31)30(23(27)29-24)14-16-10-18(12-20(26)11-16)22(32)28-15(2)17-5-7-19(25)8-6-17/h5-8,10-12,15H,4,9,13-14H2,1-3H3,(H2,27,29)(H,28,32). The van der Waals surface area contributed by atoms with Crippen LogP contribution in [0.5, 0.6) is 0 Å². The predicted octanol–water partition coefficient (Wildman–Crippen LogP) is 4.06. The minimum atomic E-state index is -0.599. The van der Waals surface area contributed by atoms with Crippen LogP contribution in [0.25, 0.3) is 0 Å². The fourth-order valence-electron chi connectivity index (χ4n) is 3.95. The smallest absolute Gasteiger partial charge is 0.251 e. The molecular weight excluding hydrogens is 414 g/mol. The van der Waals surface area contributed by atoms with Crippen LogP contribution < -0.4 is 11.1 Å². The number of carbonyl (C=O) groups excluding carboxylic acids is 2. The first-order valence-electron chi connectivity index (χ1n) is 10.6. The second-order valence-corrected chi connectivity index (χ2v) is 8.47. The third-order valence-electron chi connectivity index (χ3n) is 5.56. The lowest BCUT2D eigenvalue weighted by Crippen LogP contribution is -2.50. The summed E-state index contributed by atoms with van der Waals surface area (Å²) < 4.78 is 27.4. The van der Waals surface area contributed by atoms with Gasteiger partial charge in [-0.25, -0.2) is 13.8 Å². The van der Waals surface area contributed by atoms with E-state index in [1.165, 1.54) is 29.2 Å². The van der Waals surface area contributed by atoms with Gasteiger partial charge < -0.3 is 11.1 Å². The number of aliphatic imine (C=N–C) groups is 1. The summed E-state index contributed by atoms with van der Waals surface area (Å²) in [5, 5.41) is 2.78. The van der Waals surface area contributed by atoms with Crippen molar-refractivity contribution in [2.75, 3.05) is 0 Å². The number of guanidine groups is 1. The highest BCUT2D eigenvalue weighted by Gasteiger charge is 2.35. The van der Waals surface area contributed by atoms with Crippen LogP contribution in [-0.2, 0) is 11.3 Å². The lowest BCUT2D eigenvalue weighted by molar-refractivity contribution is -0.130. The molecule has 0 saturated carbocycles. The van der Waals surface area contributed by atoms with Gasteiger partial charge in [0.05, 0.1) is 24.5 Å². The van der Waals surface area contributed by atoms with Crippen molar-refractivity contribution in [1.82, 2.24) is 10.2 Å². The second kappa shape index (κ2) is 9.46. The van der Waals surface area contributed by atoms with Crippen molar-refractivity contribution >= 4 is 17.8 Å². The first kappa shape index (κ1) is 23.4. The fraction of sp³-hybridized carbons (Fsp3) is 0.375. The Hall–Kier alpha value is -3.29. The van der Waals surface area contributed by atoms with Gasteiger partial charge in [0.15, 0.2) is 5.96 Å². The maximum Gasteiger partial charge on any atom is 0.251 e. The van der Waals surface area contributed by atoms with Crippen LogP contribution in [0, 0.1) is 11.6 Å². The van der Waals surface area contributed by atoms with Crippen molar-refractivity contribution in [2.45, 2.75) is 58.2 Å². The van der Waals surface area contributed by atoms with Crippen LogP contribution in [0.1, 0.15) is 67.6 Å². The molecule has 1 aliphatic rings. The molecule has 0 bridgehead atoms. The van der Waals surface area contributed by atoms with Crippen molar-refractivity contribution in [3.63, 3.8) is 0 Å².